The molecular weight excluding hydrogens is 470 g/mol. The number of aldehydes is 1. The summed E-state index contributed by atoms with van der Waals surface area (Å²) >= 11 is 0. The van der Waals surface area contributed by atoms with E-state index >= 15 is 0 Å². The molecule has 0 N–H and O–H groups in total. The average Bonchev–Trinajstić information content (AvgIpc) is 2.92. The minimum Gasteiger partial charge on any atom is -0.401 e. The molecule has 37 heavy (non-hydrogen) atoms. The third kappa shape index (κ3) is 7.83. The first-order chi connectivity index (χ1) is 17.9. The second-order valence-corrected chi connectivity index (χ2v) is 15.1. The monoisotopic (exact) mass is 513 g/mol. The lowest BCUT2D eigenvalue weighted by Gasteiger charge is -2.45. The molecule has 0 aliphatic rings. The molecule has 1 aromatic heterocycles. The molecule has 0 radical (unpaired) electrons. The van der Waals surface area contributed by atoms with Crippen LogP contribution >= 0.6 is 0 Å². The summed E-state index contributed by atoms with van der Waals surface area (Å²) in [5.41, 5.74) is 1.23. The molecule has 2 aromatic carbocycles. The number of nitrogens with zero attached hydrogens (tertiary/aromatic N) is 1. The Kier molecular flexibility index (Phi) is 11.0. The highest BCUT2D eigenvalue weighted by molar-refractivity contribution is 6.99. The predicted octanol–water partition coefficient (Wildman–Crippen LogP) is 7.60. The van der Waals surface area contributed by atoms with Gasteiger partial charge in [0.2, 0.25) is 0 Å². The third-order valence-corrected chi connectivity index (χ3v) is 12.0. The highest BCUT2D eigenvalue weighted by Gasteiger charge is 2.51. The van der Waals surface area contributed by atoms with Gasteiger partial charge in [-0.3, -0.25) is 4.79 Å². The maximum absolute atomic E-state index is 11.3. The summed E-state index contributed by atoms with van der Waals surface area (Å²) in [6, 6.07) is 27.2. The molecule has 3 rings (SSSR count). The molecule has 4 heteroatoms. The average molecular weight is 514 g/mol. The fraction of sp³-hybridized carbons (Fsp3) is 0.394. The molecule has 1 atom stereocenters. The SMILES string of the molecule is CCCCCCCC[C@@H](/C=C/c1cccc(C=O)n1)O[Si](c1ccccc1)(c1ccccc1)C(C)(C)C. The van der Waals surface area contributed by atoms with Gasteiger partial charge in [0.1, 0.15) is 5.69 Å². The van der Waals surface area contributed by atoms with E-state index in [0.717, 1.165) is 24.8 Å². The normalized spacial score (nSPS) is 13.1. The highest BCUT2D eigenvalue weighted by Crippen LogP contribution is 2.38. The largest absolute Gasteiger partial charge is 0.401 e. The molecule has 3 nitrogen and oxygen atoms in total. The predicted molar refractivity (Wildman–Crippen MR) is 159 cm³/mol. The molecule has 0 aliphatic carbocycles. The van der Waals surface area contributed by atoms with Gasteiger partial charge in [0, 0.05) is 0 Å². The van der Waals surface area contributed by atoms with E-state index < -0.39 is 8.32 Å². The minimum atomic E-state index is -2.68. The van der Waals surface area contributed by atoms with Crippen LogP contribution in [0, 0.1) is 0 Å². The molecule has 0 saturated carbocycles. The van der Waals surface area contributed by atoms with E-state index in [9.17, 15) is 4.79 Å². The molecule has 0 saturated heterocycles. The van der Waals surface area contributed by atoms with E-state index in [1.165, 1.54) is 42.5 Å². The lowest BCUT2D eigenvalue weighted by molar-refractivity contribution is 0.111. The van der Waals surface area contributed by atoms with Crippen molar-refractivity contribution in [2.24, 2.45) is 0 Å². The van der Waals surface area contributed by atoms with Gasteiger partial charge in [0.15, 0.2) is 6.29 Å². The van der Waals surface area contributed by atoms with Gasteiger partial charge < -0.3 is 4.43 Å². The van der Waals surface area contributed by atoms with Crippen LogP contribution in [0.25, 0.3) is 6.08 Å². The smallest absolute Gasteiger partial charge is 0.261 e. The number of benzene rings is 2. The summed E-state index contributed by atoms with van der Waals surface area (Å²) in [4.78, 5) is 15.7. The summed E-state index contributed by atoms with van der Waals surface area (Å²) in [5.74, 6) is 0. The van der Waals surface area contributed by atoms with Crippen molar-refractivity contribution in [2.75, 3.05) is 0 Å². The molecule has 0 bridgehead atoms. The minimum absolute atomic E-state index is 0.0563. The van der Waals surface area contributed by atoms with Crippen LogP contribution in [0.3, 0.4) is 0 Å². The van der Waals surface area contributed by atoms with Crippen LogP contribution in [0.15, 0.2) is 84.9 Å². The number of hydrogen-bond acceptors (Lipinski definition) is 3. The van der Waals surface area contributed by atoms with E-state index in [4.69, 9.17) is 4.43 Å². The Bertz CT molecular complexity index is 1070. The molecular formula is C33H43NO2Si. The molecule has 196 valence electrons. The van der Waals surface area contributed by atoms with Crippen molar-refractivity contribution in [1.82, 2.24) is 4.98 Å². The standard InChI is InChI=1S/C33H43NO2Si/c1-5-6-7-8-9-12-20-30(26-25-28-18-17-19-29(27-35)34-28)36-37(33(2,3)4,31-21-13-10-14-22-31)32-23-15-11-16-24-32/h10-11,13-19,21-27,30H,5-9,12,20H2,1-4H3/b26-25+/t30-/m0/s1. The van der Waals surface area contributed by atoms with E-state index in [1.54, 1.807) is 6.07 Å². The quantitative estimate of drug-likeness (QED) is 0.127. The first-order valence-electron chi connectivity index (χ1n) is 13.8. The fourth-order valence-corrected chi connectivity index (χ4v) is 9.74. The van der Waals surface area contributed by atoms with Crippen LogP contribution in [0.5, 0.6) is 0 Å². The highest BCUT2D eigenvalue weighted by atomic mass is 28.4. The van der Waals surface area contributed by atoms with E-state index in [-0.39, 0.29) is 11.1 Å². The van der Waals surface area contributed by atoms with Gasteiger partial charge in [-0.2, -0.15) is 0 Å². The summed E-state index contributed by atoms with van der Waals surface area (Å²) in [6.07, 6.45) is 13.4. The second kappa shape index (κ2) is 14.2. The Morgan fingerprint density at radius 3 is 1.92 bits per heavy atom. The Morgan fingerprint density at radius 2 is 1.35 bits per heavy atom. The van der Waals surface area contributed by atoms with Crippen LogP contribution in [0.4, 0.5) is 0 Å². The van der Waals surface area contributed by atoms with Crippen molar-refractivity contribution in [1.29, 1.82) is 0 Å². The molecule has 0 aliphatic heterocycles. The third-order valence-electron chi connectivity index (χ3n) is 6.98. The van der Waals surface area contributed by atoms with Crippen LogP contribution < -0.4 is 10.4 Å². The van der Waals surface area contributed by atoms with Gasteiger partial charge in [0.25, 0.3) is 8.32 Å². The molecule has 0 spiro atoms. The van der Waals surface area contributed by atoms with Gasteiger partial charge in [-0.15, -0.1) is 0 Å². The zero-order valence-corrected chi connectivity index (χ0v) is 24.0. The Balaban J connectivity index is 1.99. The van der Waals surface area contributed by atoms with Crippen molar-refractivity contribution < 1.29 is 9.22 Å². The van der Waals surface area contributed by atoms with Gasteiger partial charge in [-0.25, -0.2) is 4.98 Å². The van der Waals surface area contributed by atoms with Crippen LogP contribution in [0.2, 0.25) is 5.04 Å². The second-order valence-electron chi connectivity index (χ2n) is 10.8. The Morgan fingerprint density at radius 1 is 0.784 bits per heavy atom. The number of aromatic nitrogens is 1. The molecule has 0 unspecified atom stereocenters. The Hall–Kier alpha value is -2.82. The summed E-state index contributed by atoms with van der Waals surface area (Å²) < 4.78 is 7.44. The van der Waals surface area contributed by atoms with E-state index in [1.807, 2.05) is 18.2 Å². The van der Waals surface area contributed by atoms with E-state index in [0.29, 0.717) is 5.69 Å². The maximum atomic E-state index is 11.3. The first-order valence-corrected chi connectivity index (χ1v) is 15.7. The van der Waals surface area contributed by atoms with Gasteiger partial charge in [-0.05, 0) is 40.0 Å². The number of carbonyl (C=O) groups excluding carboxylic acids is 1. The number of rotatable bonds is 14. The summed E-state index contributed by atoms with van der Waals surface area (Å²) in [6.45, 7) is 9.21. The van der Waals surface area contributed by atoms with Crippen molar-refractivity contribution in [3.8, 4) is 0 Å². The zero-order valence-electron chi connectivity index (χ0n) is 23.0. The van der Waals surface area contributed by atoms with E-state index in [2.05, 4.69) is 99.4 Å². The van der Waals surface area contributed by atoms with Crippen molar-refractivity contribution >= 4 is 31.1 Å². The first kappa shape index (κ1) is 28.7. The lowest BCUT2D eigenvalue weighted by Crippen LogP contribution is -2.67. The summed E-state index contributed by atoms with van der Waals surface area (Å²) in [7, 11) is -2.68. The number of carbonyl (C=O) groups is 1. The lowest BCUT2D eigenvalue weighted by atomic mass is 10.1. The number of unbranched alkanes of at least 4 members (excludes halogenated alkanes) is 5. The zero-order chi connectivity index (χ0) is 26.6. The topological polar surface area (TPSA) is 39.2 Å². The molecule has 1 heterocycles. The maximum Gasteiger partial charge on any atom is 0.261 e. The van der Waals surface area contributed by atoms with Crippen molar-refractivity contribution in [2.45, 2.75) is 83.8 Å². The Labute approximate surface area is 225 Å². The van der Waals surface area contributed by atoms with Gasteiger partial charge >= 0.3 is 0 Å². The van der Waals surface area contributed by atoms with Crippen molar-refractivity contribution in [3.05, 3.63) is 96.3 Å². The summed E-state index contributed by atoms with van der Waals surface area (Å²) in [5, 5.41) is 2.49. The molecule has 0 fully saturated rings. The molecule has 3 aromatic rings. The number of pyridine rings is 1. The fourth-order valence-electron chi connectivity index (χ4n) is 5.07. The van der Waals surface area contributed by atoms with Crippen molar-refractivity contribution in [3.63, 3.8) is 0 Å². The van der Waals surface area contributed by atoms with Gasteiger partial charge in [0.05, 0.1) is 11.8 Å². The van der Waals surface area contributed by atoms with Crippen LogP contribution in [-0.4, -0.2) is 25.7 Å². The van der Waals surface area contributed by atoms with Crippen LogP contribution in [-0.2, 0) is 4.43 Å². The number of hydrogen-bond donors (Lipinski definition) is 0. The van der Waals surface area contributed by atoms with Gasteiger partial charge in [-0.1, -0.05) is 139 Å². The van der Waals surface area contributed by atoms with Crippen LogP contribution in [0.1, 0.15) is 88.8 Å². The molecule has 0 amide bonds.